The normalized spacial score (nSPS) is 12.2. The van der Waals surface area contributed by atoms with E-state index in [2.05, 4.69) is 15.4 Å². The molecule has 1 atom stereocenters. The lowest BCUT2D eigenvalue weighted by Crippen LogP contribution is -2.06. The van der Waals surface area contributed by atoms with E-state index in [9.17, 15) is 4.79 Å². The van der Waals surface area contributed by atoms with E-state index in [1.165, 1.54) is 0 Å². The van der Waals surface area contributed by atoms with Crippen LogP contribution in [-0.4, -0.2) is 26.4 Å². The van der Waals surface area contributed by atoms with E-state index in [-0.39, 0.29) is 18.9 Å². The first-order valence-corrected chi connectivity index (χ1v) is 7.66. The Morgan fingerprint density at radius 3 is 3.00 bits per heavy atom. The van der Waals surface area contributed by atoms with Crippen LogP contribution in [0.5, 0.6) is 5.75 Å². The molecule has 124 valence electrons. The van der Waals surface area contributed by atoms with Crippen LogP contribution in [-0.2, 0) is 11.2 Å². The van der Waals surface area contributed by atoms with Crippen LogP contribution in [0.4, 0.5) is 0 Å². The molecule has 0 aliphatic rings. The van der Waals surface area contributed by atoms with Gasteiger partial charge < -0.3 is 14.4 Å². The zero-order chi connectivity index (χ0) is 17.1. The van der Waals surface area contributed by atoms with Crippen molar-refractivity contribution in [3.8, 4) is 5.75 Å². The van der Waals surface area contributed by atoms with Gasteiger partial charge in [0.25, 0.3) is 0 Å². The Morgan fingerprint density at radius 1 is 1.46 bits per heavy atom. The van der Waals surface area contributed by atoms with Crippen LogP contribution in [0.2, 0.25) is 5.02 Å². The molecule has 24 heavy (non-hydrogen) atoms. The van der Waals surface area contributed by atoms with E-state index in [1.807, 2.05) is 13.0 Å². The molecule has 1 aromatic carbocycles. The Morgan fingerprint density at radius 2 is 2.29 bits per heavy atom. The van der Waals surface area contributed by atoms with E-state index < -0.39 is 5.97 Å². The van der Waals surface area contributed by atoms with Crippen molar-refractivity contribution in [2.75, 3.05) is 0 Å². The molecule has 8 heteroatoms. The van der Waals surface area contributed by atoms with Gasteiger partial charge in [0, 0.05) is 24.1 Å². The fourth-order valence-corrected chi connectivity index (χ4v) is 2.47. The summed E-state index contributed by atoms with van der Waals surface area (Å²) in [7, 11) is 0. The second-order valence-corrected chi connectivity index (χ2v) is 5.62. The number of fused-ring (bicyclic) bond motifs is 1. The molecular weight excluding hydrogens is 334 g/mol. The average Bonchev–Trinajstić information content (AvgIpc) is 2.96. The maximum absolute atomic E-state index is 10.7. The molecule has 7 nitrogen and oxygen atoms in total. The number of carboxylic acid groups (broad SMARTS) is 1. The first-order chi connectivity index (χ1) is 11.5. The summed E-state index contributed by atoms with van der Waals surface area (Å²) in [6, 6.07) is 6.89. The van der Waals surface area contributed by atoms with Crippen LogP contribution < -0.4 is 4.74 Å². The van der Waals surface area contributed by atoms with E-state index in [4.69, 9.17) is 26.0 Å². The number of hydrogen-bond acceptors (Lipinski definition) is 6. The molecular formula is C16H14ClN3O4. The van der Waals surface area contributed by atoms with Gasteiger partial charge in [-0.25, -0.2) is 0 Å². The molecule has 0 amide bonds. The van der Waals surface area contributed by atoms with Crippen molar-refractivity contribution in [1.82, 2.24) is 15.4 Å². The lowest BCUT2D eigenvalue weighted by molar-refractivity contribution is -0.136. The van der Waals surface area contributed by atoms with Crippen LogP contribution >= 0.6 is 11.6 Å². The van der Waals surface area contributed by atoms with Gasteiger partial charge >= 0.3 is 5.97 Å². The van der Waals surface area contributed by atoms with Crippen molar-refractivity contribution in [3.05, 3.63) is 46.9 Å². The highest BCUT2D eigenvalue weighted by atomic mass is 35.5. The Kier molecular flexibility index (Phi) is 4.61. The van der Waals surface area contributed by atoms with Gasteiger partial charge in [0.15, 0.2) is 5.58 Å². The maximum Gasteiger partial charge on any atom is 0.303 e. The van der Waals surface area contributed by atoms with Crippen LogP contribution in [0, 0.1) is 0 Å². The molecule has 1 N–H and O–H groups in total. The second kappa shape index (κ2) is 6.84. The predicted octanol–water partition coefficient (Wildman–Crippen LogP) is 3.43. The summed E-state index contributed by atoms with van der Waals surface area (Å²) in [5.41, 5.74) is 1.72. The highest BCUT2D eigenvalue weighted by Gasteiger charge is 2.16. The lowest BCUT2D eigenvalue weighted by atomic mass is 10.1. The van der Waals surface area contributed by atoms with Crippen molar-refractivity contribution >= 4 is 28.5 Å². The van der Waals surface area contributed by atoms with Gasteiger partial charge in [-0.3, -0.25) is 4.79 Å². The summed E-state index contributed by atoms with van der Waals surface area (Å²) in [5, 5.41) is 21.6. The molecule has 0 aliphatic heterocycles. The lowest BCUT2D eigenvalue weighted by Gasteiger charge is -2.14. The number of aryl methyl sites for hydroxylation is 1. The average molecular weight is 348 g/mol. The fourth-order valence-electron chi connectivity index (χ4n) is 2.27. The van der Waals surface area contributed by atoms with Gasteiger partial charge in [0.2, 0.25) is 0 Å². The van der Waals surface area contributed by atoms with Crippen LogP contribution in [0.15, 0.2) is 35.0 Å². The van der Waals surface area contributed by atoms with Gasteiger partial charge in [0.05, 0.1) is 17.1 Å². The number of carbonyl (C=O) groups is 1. The highest BCUT2D eigenvalue weighted by molar-refractivity contribution is 6.32. The summed E-state index contributed by atoms with van der Waals surface area (Å²) in [6.45, 7) is 1.84. The van der Waals surface area contributed by atoms with Crippen LogP contribution in [0.3, 0.4) is 0 Å². The molecule has 3 rings (SSSR count). The second-order valence-electron chi connectivity index (χ2n) is 5.21. The number of aromatic nitrogens is 3. The zero-order valence-corrected chi connectivity index (χ0v) is 13.5. The third-order valence-electron chi connectivity index (χ3n) is 3.49. The number of ether oxygens (including phenoxy) is 1. The molecule has 0 bridgehead atoms. The molecule has 0 radical (unpaired) electrons. The predicted molar refractivity (Wildman–Crippen MR) is 86.1 cm³/mol. The molecule has 0 aliphatic carbocycles. The molecule has 0 saturated carbocycles. The summed E-state index contributed by atoms with van der Waals surface area (Å²) in [6.07, 6.45) is 1.49. The Labute approximate surface area is 142 Å². The SMILES string of the molecule is CC(Oc1cc2onc(CCC(=O)O)c2cc1Cl)c1cccnn1. The van der Waals surface area contributed by atoms with Crippen LogP contribution in [0.1, 0.15) is 30.8 Å². The van der Waals surface area contributed by atoms with Crippen molar-refractivity contribution in [2.24, 2.45) is 0 Å². The molecule has 2 heterocycles. The summed E-state index contributed by atoms with van der Waals surface area (Å²) in [5.74, 6) is -0.460. The molecule has 3 aromatic rings. The molecule has 0 fully saturated rings. The monoisotopic (exact) mass is 347 g/mol. The number of aliphatic carboxylic acids is 1. The number of halogens is 1. The number of rotatable bonds is 6. The number of nitrogens with zero attached hydrogens (tertiary/aromatic N) is 3. The zero-order valence-electron chi connectivity index (χ0n) is 12.8. The molecule has 1 unspecified atom stereocenters. The van der Waals surface area contributed by atoms with E-state index in [0.29, 0.717) is 33.1 Å². The van der Waals surface area contributed by atoms with E-state index >= 15 is 0 Å². The summed E-state index contributed by atoms with van der Waals surface area (Å²) in [4.78, 5) is 10.7. The van der Waals surface area contributed by atoms with Crippen molar-refractivity contribution in [1.29, 1.82) is 0 Å². The van der Waals surface area contributed by atoms with Gasteiger partial charge in [-0.15, -0.1) is 0 Å². The smallest absolute Gasteiger partial charge is 0.303 e. The topological polar surface area (TPSA) is 98.3 Å². The Hall–Kier alpha value is -2.67. The fraction of sp³-hybridized carbons (Fsp3) is 0.250. The van der Waals surface area contributed by atoms with Crippen molar-refractivity contribution in [2.45, 2.75) is 25.9 Å². The molecule has 0 saturated heterocycles. The van der Waals surface area contributed by atoms with Gasteiger partial charge in [-0.05, 0) is 25.1 Å². The third-order valence-corrected chi connectivity index (χ3v) is 3.78. The van der Waals surface area contributed by atoms with Gasteiger partial charge in [-0.1, -0.05) is 16.8 Å². The van der Waals surface area contributed by atoms with Crippen molar-refractivity contribution < 1.29 is 19.2 Å². The highest BCUT2D eigenvalue weighted by Crippen LogP contribution is 2.34. The van der Waals surface area contributed by atoms with Crippen molar-refractivity contribution in [3.63, 3.8) is 0 Å². The Balaban J connectivity index is 1.85. The molecule has 0 spiro atoms. The number of hydrogen-bond donors (Lipinski definition) is 1. The quantitative estimate of drug-likeness (QED) is 0.729. The minimum Gasteiger partial charge on any atom is -0.483 e. The minimum atomic E-state index is -0.894. The van der Waals surface area contributed by atoms with Gasteiger partial charge in [-0.2, -0.15) is 10.2 Å². The van der Waals surface area contributed by atoms with Gasteiger partial charge in [0.1, 0.15) is 17.5 Å². The summed E-state index contributed by atoms with van der Waals surface area (Å²) >= 11 is 6.28. The van der Waals surface area contributed by atoms with E-state index in [0.717, 1.165) is 0 Å². The third kappa shape index (κ3) is 3.46. The van der Waals surface area contributed by atoms with Crippen LogP contribution in [0.25, 0.3) is 11.0 Å². The van der Waals surface area contributed by atoms with E-state index in [1.54, 1.807) is 24.4 Å². The molecule has 2 aromatic heterocycles. The largest absolute Gasteiger partial charge is 0.483 e. The standard InChI is InChI=1S/C16H14ClN3O4/c1-9(12-3-2-6-18-19-12)23-15-8-14-10(7-11(15)17)13(20-24-14)4-5-16(21)22/h2-3,6-9H,4-5H2,1H3,(H,21,22). The Bertz CT molecular complexity index is 866. The number of carboxylic acids is 1. The first kappa shape index (κ1) is 16.2. The number of benzene rings is 1. The maximum atomic E-state index is 10.7. The first-order valence-electron chi connectivity index (χ1n) is 7.28. The minimum absolute atomic E-state index is 0.0266. The summed E-state index contributed by atoms with van der Waals surface area (Å²) < 4.78 is 11.1.